The molecule has 0 unspecified atom stereocenters. The molecule has 0 aliphatic carbocycles. The molecule has 12 nitrogen and oxygen atoms in total. The number of nitrogens with one attached hydrogen (secondary N) is 1. The second-order valence-electron chi connectivity index (χ2n) is 5.77. The molecule has 2 fully saturated rings. The fraction of sp³-hybridized carbons (Fsp3) is 0.750. The van der Waals surface area contributed by atoms with Gasteiger partial charge in [0.2, 0.25) is 11.8 Å². The van der Waals surface area contributed by atoms with Crippen LogP contribution in [0.5, 0.6) is 0 Å². The SMILES string of the molecule is O=C1N2C[C@H](CC[C@H]2c2nnc(CCNCCO)o2)N1OS(=O)(=O)O. The Hall–Kier alpha value is -1.80. The van der Waals surface area contributed by atoms with Crippen molar-refractivity contribution in [3.63, 3.8) is 0 Å². The molecular weight excluding hydrogens is 358 g/mol. The van der Waals surface area contributed by atoms with Crippen LogP contribution < -0.4 is 5.32 Å². The number of hydrogen-bond acceptors (Lipinski definition) is 9. The van der Waals surface area contributed by atoms with Gasteiger partial charge in [-0.3, -0.25) is 4.55 Å². The zero-order valence-electron chi connectivity index (χ0n) is 13.2. The minimum atomic E-state index is -4.77. The van der Waals surface area contributed by atoms with Crippen LogP contribution in [0.1, 0.15) is 30.7 Å². The van der Waals surface area contributed by atoms with Crippen molar-refractivity contribution in [1.29, 1.82) is 0 Å². The van der Waals surface area contributed by atoms with Crippen molar-refractivity contribution in [2.24, 2.45) is 0 Å². The highest BCUT2D eigenvalue weighted by Gasteiger charge is 2.49. The maximum Gasteiger partial charge on any atom is 0.418 e. The van der Waals surface area contributed by atoms with Gasteiger partial charge in [0.05, 0.1) is 12.6 Å². The molecule has 2 atom stereocenters. The average molecular weight is 377 g/mol. The molecule has 140 valence electrons. The van der Waals surface area contributed by atoms with E-state index < -0.39 is 28.5 Å². The molecule has 0 saturated carbocycles. The molecule has 3 N–H and O–H groups in total. The predicted octanol–water partition coefficient (Wildman–Crippen LogP) is -1.13. The summed E-state index contributed by atoms with van der Waals surface area (Å²) in [5.74, 6) is 0.679. The number of hydroxylamine groups is 2. The largest absolute Gasteiger partial charge is 0.423 e. The van der Waals surface area contributed by atoms with Gasteiger partial charge in [-0.25, -0.2) is 4.79 Å². The summed E-state index contributed by atoms with van der Waals surface area (Å²) in [6.07, 6.45) is 1.46. The number of aliphatic hydroxyl groups excluding tert-OH is 1. The number of rotatable bonds is 8. The van der Waals surface area contributed by atoms with Gasteiger partial charge in [0.1, 0.15) is 6.04 Å². The average Bonchev–Trinajstić information content (AvgIpc) is 3.11. The number of aromatic nitrogens is 2. The van der Waals surface area contributed by atoms with Crippen molar-refractivity contribution in [1.82, 2.24) is 25.5 Å². The third-order valence-electron chi connectivity index (χ3n) is 4.07. The number of piperidine rings is 1. The third-order valence-corrected chi connectivity index (χ3v) is 4.42. The maximum absolute atomic E-state index is 12.3. The second-order valence-corrected chi connectivity index (χ2v) is 6.77. The number of nitrogens with zero attached hydrogens (tertiary/aromatic N) is 4. The number of hydrogen-bond donors (Lipinski definition) is 3. The van der Waals surface area contributed by atoms with E-state index in [4.69, 9.17) is 14.1 Å². The maximum atomic E-state index is 12.3. The lowest BCUT2D eigenvalue weighted by molar-refractivity contribution is -0.0317. The van der Waals surface area contributed by atoms with E-state index in [1.54, 1.807) is 0 Å². The lowest BCUT2D eigenvalue weighted by Gasteiger charge is -2.27. The Balaban J connectivity index is 1.65. The molecule has 2 aliphatic rings. The minimum absolute atomic E-state index is 0.0392. The normalized spacial score (nSPS) is 23.5. The van der Waals surface area contributed by atoms with E-state index in [1.165, 1.54) is 4.90 Å². The summed E-state index contributed by atoms with van der Waals surface area (Å²) in [6.45, 7) is 1.32. The molecule has 3 rings (SSSR count). The molecule has 3 heterocycles. The zero-order chi connectivity index (χ0) is 18.0. The highest BCUT2D eigenvalue weighted by atomic mass is 32.3. The van der Waals surface area contributed by atoms with Gasteiger partial charge in [0.15, 0.2) is 0 Å². The van der Waals surface area contributed by atoms with Crippen molar-refractivity contribution in [2.75, 3.05) is 26.2 Å². The molecule has 0 spiro atoms. The Morgan fingerprint density at radius 2 is 2.12 bits per heavy atom. The number of amides is 2. The highest BCUT2D eigenvalue weighted by molar-refractivity contribution is 7.80. The molecule has 2 saturated heterocycles. The molecular formula is C12H19N5O7S. The molecule has 0 radical (unpaired) electrons. The fourth-order valence-electron chi connectivity index (χ4n) is 2.99. The Labute approximate surface area is 143 Å². The Kier molecular flexibility index (Phi) is 5.19. The summed E-state index contributed by atoms with van der Waals surface area (Å²) in [4.78, 5) is 13.7. The monoisotopic (exact) mass is 377 g/mol. The van der Waals surface area contributed by atoms with E-state index in [9.17, 15) is 13.2 Å². The summed E-state index contributed by atoms with van der Waals surface area (Å²) < 4.78 is 40.5. The number of carbonyl (C=O) groups is 1. The molecule has 0 aromatic carbocycles. The Morgan fingerprint density at radius 1 is 1.32 bits per heavy atom. The molecule has 2 aliphatic heterocycles. The summed E-state index contributed by atoms with van der Waals surface area (Å²) in [7, 11) is -4.77. The van der Waals surface area contributed by atoms with E-state index in [-0.39, 0.29) is 19.0 Å². The topological polar surface area (TPSA) is 158 Å². The van der Waals surface area contributed by atoms with Crippen LogP contribution >= 0.6 is 0 Å². The van der Waals surface area contributed by atoms with Gasteiger partial charge in [-0.05, 0) is 12.8 Å². The summed E-state index contributed by atoms with van der Waals surface area (Å²) >= 11 is 0. The zero-order valence-corrected chi connectivity index (χ0v) is 14.1. The first-order valence-corrected chi connectivity index (χ1v) is 9.16. The molecule has 1 aromatic rings. The van der Waals surface area contributed by atoms with Gasteiger partial charge < -0.3 is 19.7 Å². The standard InChI is InChI=1S/C12H19N5O7S/c18-6-5-13-4-3-10-14-15-11(23-10)9-2-1-8-7-16(9)12(19)17(8)24-25(20,21)22/h8-9,13,18H,1-7H2,(H,20,21,22)/t8-,9-/m0/s1. The van der Waals surface area contributed by atoms with E-state index in [2.05, 4.69) is 19.8 Å². The summed E-state index contributed by atoms with van der Waals surface area (Å²) in [5, 5.41) is 20.3. The van der Waals surface area contributed by atoms with E-state index in [0.717, 1.165) is 0 Å². The lowest BCUT2D eigenvalue weighted by atomic mass is 10.0. The van der Waals surface area contributed by atoms with Gasteiger partial charge in [-0.2, -0.15) is 13.5 Å². The van der Waals surface area contributed by atoms with Crippen molar-refractivity contribution in [3.05, 3.63) is 11.8 Å². The fourth-order valence-corrected chi connectivity index (χ4v) is 3.38. The molecule has 25 heavy (non-hydrogen) atoms. The van der Waals surface area contributed by atoms with Crippen molar-refractivity contribution in [2.45, 2.75) is 31.3 Å². The van der Waals surface area contributed by atoms with Crippen LogP contribution in [0.25, 0.3) is 0 Å². The van der Waals surface area contributed by atoms with Gasteiger partial charge in [0, 0.05) is 26.1 Å². The third kappa shape index (κ3) is 4.07. The van der Waals surface area contributed by atoms with Crippen molar-refractivity contribution < 1.29 is 31.6 Å². The van der Waals surface area contributed by atoms with Gasteiger partial charge in [-0.1, -0.05) is 0 Å². The Bertz CT molecular complexity index is 723. The molecule has 1 aromatic heterocycles. The summed E-state index contributed by atoms with van der Waals surface area (Å²) in [5.41, 5.74) is 0. The lowest BCUT2D eigenvalue weighted by Crippen LogP contribution is -2.35. The van der Waals surface area contributed by atoms with E-state index in [0.29, 0.717) is 43.3 Å². The first kappa shape index (κ1) is 18.0. The second kappa shape index (κ2) is 7.21. The van der Waals surface area contributed by atoms with Gasteiger partial charge in [0.25, 0.3) is 0 Å². The van der Waals surface area contributed by atoms with Crippen LogP contribution in [-0.2, 0) is 21.1 Å². The highest BCUT2D eigenvalue weighted by Crippen LogP contribution is 2.38. The van der Waals surface area contributed by atoms with Crippen molar-refractivity contribution in [3.8, 4) is 0 Å². The van der Waals surface area contributed by atoms with Crippen LogP contribution in [0.3, 0.4) is 0 Å². The van der Waals surface area contributed by atoms with Crippen LogP contribution in [-0.4, -0.2) is 76.6 Å². The minimum Gasteiger partial charge on any atom is -0.423 e. The molecule has 2 amide bonds. The van der Waals surface area contributed by atoms with Gasteiger partial charge >= 0.3 is 16.4 Å². The summed E-state index contributed by atoms with van der Waals surface area (Å²) in [6, 6.07) is -1.60. The van der Waals surface area contributed by atoms with Crippen molar-refractivity contribution >= 4 is 16.4 Å². The predicted molar refractivity (Wildman–Crippen MR) is 80.3 cm³/mol. The number of carbonyl (C=O) groups excluding carboxylic acids is 1. The van der Waals surface area contributed by atoms with Crippen LogP contribution in [0.4, 0.5) is 4.79 Å². The number of fused-ring (bicyclic) bond motifs is 2. The van der Waals surface area contributed by atoms with Crippen LogP contribution in [0.15, 0.2) is 4.42 Å². The first-order chi connectivity index (χ1) is 11.9. The quantitative estimate of drug-likeness (QED) is 0.374. The Morgan fingerprint density at radius 3 is 2.84 bits per heavy atom. The molecule has 13 heteroatoms. The number of urea groups is 1. The first-order valence-electron chi connectivity index (χ1n) is 7.79. The van der Waals surface area contributed by atoms with E-state index >= 15 is 0 Å². The molecule has 2 bridgehead atoms. The number of aliphatic hydroxyl groups is 1. The van der Waals surface area contributed by atoms with Crippen LogP contribution in [0.2, 0.25) is 0 Å². The smallest absolute Gasteiger partial charge is 0.418 e. The van der Waals surface area contributed by atoms with E-state index in [1.807, 2.05) is 0 Å². The van der Waals surface area contributed by atoms with Crippen LogP contribution in [0, 0.1) is 0 Å². The van der Waals surface area contributed by atoms with Gasteiger partial charge in [-0.15, -0.1) is 14.5 Å².